The van der Waals surface area contributed by atoms with Crippen molar-refractivity contribution >= 4 is 28.7 Å². The number of nitrogens with one attached hydrogen (secondary N) is 3. The van der Waals surface area contributed by atoms with E-state index in [1.807, 2.05) is 38.1 Å². The molecule has 188 valence electrons. The van der Waals surface area contributed by atoms with E-state index in [1.165, 1.54) is 19.3 Å². The monoisotopic (exact) mass is 472 g/mol. The lowest BCUT2D eigenvalue weighted by atomic mass is 10.0. The van der Waals surface area contributed by atoms with E-state index in [-0.39, 0.29) is 17.8 Å². The summed E-state index contributed by atoms with van der Waals surface area (Å²) in [6.07, 6.45) is 5.52. The third kappa shape index (κ3) is 8.44. The van der Waals surface area contributed by atoms with Crippen LogP contribution in [-0.2, 0) is 4.74 Å². The summed E-state index contributed by atoms with van der Waals surface area (Å²) >= 11 is 0. The number of carbonyl (C=O) groups is 2. The van der Waals surface area contributed by atoms with Crippen molar-refractivity contribution in [1.29, 1.82) is 0 Å². The third-order valence-electron chi connectivity index (χ3n) is 5.79. The van der Waals surface area contributed by atoms with Crippen LogP contribution in [0.4, 0.5) is 10.6 Å². The smallest absolute Gasteiger partial charge is 0.333 e. The van der Waals surface area contributed by atoms with Crippen molar-refractivity contribution in [3.05, 3.63) is 30.1 Å². The highest BCUT2D eigenvalue weighted by Crippen LogP contribution is 2.20. The number of para-hydroxylation sites is 1. The summed E-state index contributed by atoms with van der Waals surface area (Å²) in [5.41, 5.74) is 6.06. The molecule has 1 heterocycles. The molecule has 3 amide bonds. The maximum absolute atomic E-state index is 12.7. The van der Waals surface area contributed by atoms with Gasteiger partial charge in [-0.25, -0.2) is 14.8 Å². The normalized spacial score (nSPS) is 11.8. The van der Waals surface area contributed by atoms with Crippen molar-refractivity contribution in [3.63, 3.8) is 0 Å². The van der Waals surface area contributed by atoms with E-state index in [0.29, 0.717) is 48.9 Å². The number of carbonyl (C=O) groups excluding carboxylic acids is 2. The minimum absolute atomic E-state index is 0.0913. The number of amides is 3. The number of aromatic nitrogens is 2. The number of rotatable bonds is 15. The van der Waals surface area contributed by atoms with Crippen molar-refractivity contribution in [2.45, 2.75) is 59.8 Å². The van der Waals surface area contributed by atoms with Gasteiger partial charge in [0.15, 0.2) is 5.82 Å². The third-order valence-corrected chi connectivity index (χ3v) is 5.79. The number of nitrogens with zero attached hydrogens (tertiary/aromatic N) is 3. The van der Waals surface area contributed by atoms with Gasteiger partial charge in [0.05, 0.1) is 5.52 Å². The van der Waals surface area contributed by atoms with Gasteiger partial charge in [0.25, 0.3) is 5.91 Å². The van der Waals surface area contributed by atoms with E-state index < -0.39 is 0 Å². The van der Waals surface area contributed by atoms with E-state index in [2.05, 4.69) is 40.0 Å². The van der Waals surface area contributed by atoms with Gasteiger partial charge in [0, 0.05) is 38.2 Å². The Kier molecular flexibility index (Phi) is 12.1. The molecule has 0 fully saturated rings. The Morgan fingerprint density at radius 1 is 1.06 bits per heavy atom. The zero-order valence-corrected chi connectivity index (χ0v) is 21.0. The lowest BCUT2D eigenvalue weighted by Crippen LogP contribution is -2.40. The molecule has 0 spiro atoms. The number of hydrogen-bond acceptors (Lipinski definition) is 6. The molecule has 0 saturated heterocycles. The van der Waals surface area contributed by atoms with Gasteiger partial charge in [0.1, 0.15) is 0 Å². The molecule has 0 aliphatic heterocycles. The Labute approximate surface area is 203 Å². The van der Waals surface area contributed by atoms with Crippen molar-refractivity contribution in [2.75, 3.05) is 38.3 Å². The summed E-state index contributed by atoms with van der Waals surface area (Å²) in [5, 5.41) is 3.51. The molecule has 1 aromatic carbocycles. The first-order valence-corrected chi connectivity index (χ1v) is 12.5. The fraction of sp³-hybridized carbons (Fsp3) is 0.600. The predicted molar refractivity (Wildman–Crippen MR) is 136 cm³/mol. The predicted octanol–water partition coefficient (Wildman–Crippen LogP) is 4.36. The molecule has 9 heteroatoms. The van der Waals surface area contributed by atoms with E-state index >= 15 is 0 Å². The lowest BCUT2D eigenvalue weighted by Gasteiger charge is -2.18. The van der Waals surface area contributed by atoms with Gasteiger partial charge in [0.2, 0.25) is 5.82 Å². The van der Waals surface area contributed by atoms with E-state index in [1.54, 1.807) is 4.90 Å². The van der Waals surface area contributed by atoms with Crippen LogP contribution >= 0.6 is 0 Å². The standard InChI is InChI=1S/C25H40N6O3/c1-5-9-13-19(6-2)18-34-17-12-16-26-25(33)30-29-22-20-14-10-11-15-21(20)27-23(28-22)24(32)31(7-3)8-4/h10-11,14-15,19H,5-9,12-13,16-18H2,1-4H3,(H2,26,30,33)(H,27,28,29). The van der Waals surface area contributed by atoms with Crippen LogP contribution < -0.4 is 16.2 Å². The Balaban J connectivity index is 1.85. The molecule has 2 rings (SSSR count). The number of urea groups is 1. The first-order chi connectivity index (χ1) is 16.5. The highest BCUT2D eigenvalue weighted by Gasteiger charge is 2.18. The summed E-state index contributed by atoms with van der Waals surface area (Å²) in [6.45, 7) is 11.2. The van der Waals surface area contributed by atoms with E-state index in [0.717, 1.165) is 19.4 Å². The molecule has 2 aromatic rings. The number of hydrogen-bond donors (Lipinski definition) is 3. The summed E-state index contributed by atoms with van der Waals surface area (Å²) in [7, 11) is 0. The van der Waals surface area contributed by atoms with Crippen molar-refractivity contribution in [3.8, 4) is 0 Å². The van der Waals surface area contributed by atoms with Crippen LogP contribution in [0.2, 0.25) is 0 Å². The fourth-order valence-corrected chi connectivity index (χ4v) is 3.60. The highest BCUT2D eigenvalue weighted by atomic mass is 16.5. The Hall–Kier alpha value is -2.94. The fourth-order valence-electron chi connectivity index (χ4n) is 3.60. The minimum atomic E-state index is -0.381. The van der Waals surface area contributed by atoms with Gasteiger partial charge in [-0.2, -0.15) is 0 Å². The lowest BCUT2D eigenvalue weighted by molar-refractivity contribution is 0.0761. The van der Waals surface area contributed by atoms with Crippen LogP contribution in [0.1, 0.15) is 70.4 Å². The second-order valence-electron chi connectivity index (χ2n) is 8.24. The Bertz CT molecular complexity index is 903. The van der Waals surface area contributed by atoms with Crippen LogP contribution in [0.15, 0.2) is 24.3 Å². The van der Waals surface area contributed by atoms with Gasteiger partial charge in [-0.1, -0.05) is 45.2 Å². The number of fused-ring (bicyclic) bond motifs is 1. The van der Waals surface area contributed by atoms with Crippen LogP contribution in [0.25, 0.3) is 10.9 Å². The van der Waals surface area contributed by atoms with Crippen molar-refractivity contribution in [2.24, 2.45) is 5.92 Å². The highest BCUT2D eigenvalue weighted by molar-refractivity contribution is 5.96. The average Bonchev–Trinajstić information content (AvgIpc) is 2.86. The zero-order valence-electron chi connectivity index (χ0n) is 21.0. The summed E-state index contributed by atoms with van der Waals surface area (Å²) < 4.78 is 5.78. The molecule has 1 aromatic heterocycles. The first-order valence-electron chi connectivity index (χ1n) is 12.5. The molecular formula is C25H40N6O3. The molecule has 0 aliphatic rings. The topological polar surface area (TPSA) is 108 Å². The quantitative estimate of drug-likeness (QED) is 0.262. The van der Waals surface area contributed by atoms with E-state index in [4.69, 9.17) is 4.74 Å². The van der Waals surface area contributed by atoms with Crippen LogP contribution in [0.3, 0.4) is 0 Å². The first kappa shape index (κ1) is 27.3. The summed E-state index contributed by atoms with van der Waals surface area (Å²) in [6, 6.07) is 6.97. The average molecular weight is 473 g/mol. The minimum Gasteiger partial charge on any atom is -0.381 e. The van der Waals surface area contributed by atoms with Gasteiger partial charge in [-0.15, -0.1) is 0 Å². The Morgan fingerprint density at radius 3 is 2.53 bits per heavy atom. The largest absolute Gasteiger partial charge is 0.381 e. The van der Waals surface area contributed by atoms with Crippen LogP contribution in [0, 0.1) is 5.92 Å². The van der Waals surface area contributed by atoms with E-state index in [9.17, 15) is 9.59 Å². The molecule has 0 saturated carbocycles. The molecule has 0 radical (unpaired) electrons. The Morgan fingerprint density at radius 2 is 1.82 bits per heavy atom. The number of unbranched alkanes of at least 4 members (excludes halogenated alkanes) is 1. The van der Waals surface area contributed by atoms with Crippen LogP contribution in [-0.4, -0.2) is 59.7 Å². The molecule has 0 aliphatic carbocycles. The summed E-state index contributed by atoms with van der Waals surface area (Å²) in [5.74, 6) is 0.829. The maximum atomic E-state index is 12.7. The zero-order chi connectivity index (χ0) is 24.8. The summed E-state index contributed by atoms with van der Waals surface area (Å²) in [4.78, 5) is 35.4. The number of ether oxygens (including phenoxy) is 1. The van der Waals surface area contributed by atoms with Crippen molar-refractivity contribution < 1.29 is 14.3 Å². The molecule has 9 nitrogen and oxygen atoms in total. The molecule has 0 bridgehead atoms. The molecule has 1 unspecified atom stereocenters. The molecule has 3 N–H and O–H groups in total. The van der Waals surface area contributed by atoms with Gasteiger partial charge in [-0.05, 0) is 44.7 Å². The number of hydrazine groups is 1. The maximum Gasteiger partial charge on any atom is 0.333 e. The van der Waals surface area contributed by atoms with Crippen LogP contribution in [0.5, 0.6) is 0 Å². The number of benzene rings is 1. The SMILES string of the molecule is CCCCC(CC)COCCCNC(=O)NNc1nc(C(=O)N(CC)CC)nc2ccccc12. The second-order valence-corrected chi connectivity index (χ2v) is 8.24. The van der Waals surface area contributed by atoms with Gasteiger partial charge < -0.3 is 15.0 Å². The molecule has 1 atom stereocenters. The van der Waals surface area contributed by atoms with Gasteiger partial charge in [-0.3, -0.25) is 15.6 Å². The molecular weight excluding hydrogens is 432 g/mol. The second kappa shape index (κ2) is 15.1. The number of anilines is 1. The van der Waals surface area contributed by atoms with Crippen molar-refractivity contribution in [1.82, 2.24) is 25.6 Å². The van der Waals surface area contributed by atoms with Gasteiger partial charge >= 0.3 is 6.03 Å². The molecule has 34 heavy (non-hydrogen) atoms.